The molecule has 0 aliphatic carbocycles. The van der Waals surface area contributed by atoms with Crippen molar-refractivity contribution in [1.82, 2.24) is 24.5 Å². The number of pyridine rings is 1. The van der Waals surface area contributed by atoms with E-state index in [4.69, 9.17) is 4.55 Å². The van der Waals surface area contributed by atoms with Gasteiger partial charge < -0.3 is 5.32 Å². The first-order valence-corrected chi connectivity index (χ1v) is 11.2. The van der Waals surface area contributed by atoms with Crippen molar-refractivity contribution in [3.8, 4) is 22.5 Å². The molecule has 0 amide bonds. The molecule has 0 bridgehead atoms. The predicted octanol–water partition coefficient (Wildman–Crippen LogP) is 2.69. The molecule has 0 spiro atoms. The lowest BCUT2D eigenvalue weighted by Crippen LogP contribution is -2.15. The molecule has 160 valence electrons. The highest BCUT2D eigenvalue weighted by Crippen LogP contribution is 2.31. The summed E-state index contributed by atoms with van der Waals surface area (Å²) < 4.78 is 34.7. The number of aryl methyl sites for hydroxylation is 1. The molecule has 4 aromatic rings. The lowest BCUT2D eigenvalue weighted by molar-refractivity contribution is 0.484. The molecule has 0 aliphatic heterocycles. The average molecular weight is 439 g/mol. The molecule has 4 rings (SSSR count). The first kappa shape index (κ1) is 20.8. The molecule has 3 aromatic heterocycles. The van der Waals surface area contributed by atoms with Crippen molar-refractivity contribution >= 4 is 15.8 Å². The van der Waals surface area contributed by atoms with Gasteiger partial charge in [0.2, 0.25) is 0 Å². The third-order valence-electron chi connectivity index (χ3n) is 4.69. The van der Waals surface area contributed by atoms with E-state index in [0.29, 0.717) is 6.54 Å². The summed E-state index contributed by atoms with van der Waals surface area (Å²) >= 11 is 0. The third-order valence-corrected chi connectivity index (χ3v) is 5.41. The quantitative estimate of drug-likeness (QED) is 0.407. The zero-order valence-corrected chi connectivity index (χ0v) is 17.7. The van der Waals surface area contributed by atoms with E-state index in [1.54, 1.807) is 17.1 Å². The van der Waals surface area contributed by atoms with Gasteiger partial charge in [0.05, 0.1) is 23.7 Å². The number of anilines is 1. The van der Waals surface area contributed by atoms with Crippen LogP contribution in [0.5, 0.6) is 0 Å². The van der Waals surface area contributed by atoms with Gasteiger partial charge in [-0.1, -0.05) is 12.1 Å². The maximum atomic E-state index is 11.1. The van der Waals surface area contributed by atoms with Crippen LogP contribution in [0.3, 0.4) is 0 Å². The smallest absolute Gasteiger partial charge is 0.266 e. The second kappa shape index (κ2) is 8.70. The van der Waals surface area contributed by atoms with Crippen LogP contribution in [-0.4, -0.2) is 49.8 Å². The fraction of sp³-hybridized carbons (Fsp3) is 0.190. The molecular weight excluding hydrogens is 416 g/mol. The first-order chi connectivity index (χ1) is 14.9. The minimum Gasteiger partial charge on any atom is -0.383 e. The fourth-order valence-corrected chi connectivity index (χ4v) is 3.59. The molecule has 2 N–H and O–H groups in total. The number of nitrogens with one attached hydrogen (secondary N) is 1. The second-order valence-corrected chi connectivity index (χ2v) is 8.68. The lowest BCUT2D eigenvalue weighted by Gasteiger charge is -2.12. The van der Waals surface area contributed by atoms with E-state index in [0.717, 1.165) is 33.8 Å². The summed E-state index contributed by atoms with van der Waals surface area (Å²) in [5, 5.41) is 12.2. The molecule has 3 heterocycles. The highest BCUT2D eigenvalue weighted by Gasteiger charge is 2.13. The summed E-state index contributed by atoms with van der Waals surface area (Å²) in [7, 11) is -2.19. The molecule has 10 heteroatoms. The maximum Gasteiger partial charge on any atom is 0.266 e. The minimum absolute atomic E-state index is 0.0746. The molecule has 0 radical (unpaired) electrons. The summed E-state index contributed by atoms with van der Waals surface area (Å²) in [6.45, 7) is 0.657. The van der Waals surface area contributed by atoms with Gasteiger partial charge in [-0.05, 0) is 35.9 Å². The van der Waals surface area contributed by atoms with E-state index >= 15 is 0 Å². The van der Waals surface area contributed by atoms with Crippen LogP contribution in [0.25, 0.3) is 22.5 Å². The Hall–Kier alpha value is -3.50. The Morgan fingerprint density at radius 2 is 1.90 bits per heavy atom. The summed E-state index contributed by atoms with van der Waals surface area (Å²) in [6, 6.07) is 13.4. The van der Waals surface area contributed by atoms with Gasteiger partial charge in [0.25, 0.3) is 10.1 Å². The largest absolute Gasteiger partial charge is 0.383 e. The number of nitrogens with zero attached hydrogens (tertiary/aromatic N) is 5. The molecule has 0 saturated carbocycles. The Balaban J connectivity index is 1.65. The molecule has 0 unspecified atom stereocenters. The van der Waals surface area contributed by atoms with E-state index in [1.165, 1.54) is 0 Å². The van der Waals surface area contributed by atoms with Crippen LogP contribution < -0.4 is 5.32 Å². The van der Waals surface area contributed by atoms with Crippen LogP contribution >= 0.6 is 0 Å². The number of benzene rings is 1. The topological polar surface area (TPSA) is 115 Å². The van der Waals surface area contributed by atoms with E-state index < -0.39 is 10.1 Å². The molecular formula is C21H22N6O3S. The van der Waals surface area contributed by atoms with Gasteiger partial charge in [0.1, 0.15) is 0 Å². The Bertz CT molecular complexity index is 1280. The van der Waals surface area contributed by atoms with E-state index in [9.17, 15) is 8.42 Å². The number of hydrogen-bond donors (Lipinski definition) is 2. The highest BCUT2D eigenvalue weighted by atomic mass is 32.2. The third kappa shape index (κ3) is 5.36. The van der Waals surface area contributed by atoms with Crippen molar-refractivity contribution in [2.45, 2.75) is 6.54 Å². The van der Waals surface area contributed by atoms with Gasteiger partial charge in [-0.2, -0.15) is 18.6 Å². The second-order valence-electron chi connectivity index (χ2n) is 7.11. The van der Waals surface area contributed by atoms with Crippen LogP contribution in [-0.2, 0) is 23.7 Å². The highest BCUT2D eigenvalue weighted by molar-refractivity contribution is 7.85. The van der Waals surface area contributed by atoms with Crippen molar-refractivity contribution < 1.29 is 13.0 Å². The molecule has 0 aliphatic rings. The summed E-state index contributed by atoms with van der Waals surface area (Å²) in [4.78, 5) is 4.13. The van der Waals surface area contributed by atoms with Gasteiger partial charge in [0.15, 0.2) is 0 Å². The summed E-state index contributed by atoms with van der Waals surface area (Å²) in [5.74, 6) is -0.385. The summed E-state index contributed by atoms with van der Waals surface area (Å²) in [5.41, 5.74) is 5.03. The molecule has 0 atom stereocenters. The van der Waals surface area contributed by atoms with Crippen LogP contribution in [0.1, 0.15) is 5.56 Å². The number of aromatic nitrogens is 5. The first-order valence-electron chi connectivity index (χ1n) is 9.63. The average Bonchev–Trinajstić information content (AvgIpc) is 3.37. The Morgan fingerprint density at radius 1 is 1.06 bits per heavy atom. The van der Waals surface area contributed by atoms with Crippen molar-refractivity contribution in [3.05, 3.63) is 72.8 Å². The van der Waals surface area contributed by atoms with Crippen LogP contribution in [0.4, 0.5) is 5.69 Å². The van der Waals surface area contributed by atoms with Crippen LogP contribution in [0, 0.1) is 0 Å². The minimum atomic E-state index is -4.05. The van der Waals surface area contributed by atoms with Crippen molar-refractivity contribution in [2.24, 2.45) is 7.05 Å². The van der Waals surface area contributed by atoms with Crippen LogP contribution in [0.2, 0.25) is 0 Å². The van der Waals surface area contributed by atoms with Gasteiger partial charge in [0, 0.05) is 55.2 Å². The summed E-state index contributed by atoms with van der Waals surface area (Å²) in [6.07, 6.45) is 7.28. The van der Waals surface area contributed by atoms with E-state index in [1.807, 2.05) is 66.6 Å². The fourth-order valence-electron chi connectivity index (χ4n) is 3.23. The van der Waals surface area contributed by atoms with Crippen molar-refractivity contribution in [1.29, 1.82) is 0 Å². The van der Waals surface area contributed by atoms with Gasteiger partial charge in [-0.25, -0.2) is 0 Å². The molecule has 0 fully saturated rings. The van der Waals surface area contributed by atoms with Gasteiger partial charge >= 0.3 is 0 Å². The molecule has 0 saturated heterocycles. The predicted molar refractivity (Wildman–Crippen MR) is 118 cm³/mol. The molecule has 9 nitrogen and oxygen atoms in total. The molecule has 31 heavy (non-hydrogen) atoms. The van der Waals surface area contributed by atoms with Crippen molar-refractivity contribution in [3.63, 3.8) is 0 Å². The standard InChI is InChI=1S/C21H22N6O3S/c1-26-10-6-19(24-26)17-4-5-20(23-9-12-31(28,29)30)18(13-17)21-7-11-27(25-21)15-16-3-2-8-22-14-16/h2-8,10-11,13-14,23H,9,12,15H2,1H3,(H,28,29,30). The Morgan fingerprint density at radius 3 is 2.61 bits per heavy atom. The van der Waals surface area contributed by atoms with Crippen molar-refractivity contribution in [2.75, 3.05) is 17.6 Å². The number of hydrogen-bond acceptors (Lipinski definition) is 6. The SMILES string of the molecule is Cn1ccc(-c2ccc(NCCS(=O)(=O)O)c(-c3ccn(Cc4cccnc4)n3)c2)n1. The lowest BCUT2D eigenvalue weighted by atomic mass is 10.0. The maximum absolute atomic E-state index is 11.1. The van der Waals surface area contributed by atoms with E-state index in [2.05, 4.69) is 20.5 Å². The monoisotopic (exact) mass is 438 g/mol. The van der Waals surface area contributed by atoms with Crippen LogP contribution in [0.15, 0.2) is 67.3 Å². The van der Waals surface area contributed by atoms with Gasteiger partial charge in [-0.15, -0.1) is 0 Å². The van der Waals surface area contributed by atoms with E-state index in [-0.39, 0.29) is 12.3 Å². The Kier molecular flexibility index (Phi) is 5.83. The Labute approximate surface area is 180 Å². The normalized spacial score (nSPS) is 11.5. The number of rotatable bonds is 8. The van der Waals surface area contributed by atoms with Gasteiger partial charge in [-0.3, -0.25) is 18.9 Å². The zero-order valence-electron chi connectivity index (χ0n) is 16.9. The molecule has 1 aromatic carbocycles. The zero-order chi connectivity index (χ0) is 21.8.